The lowest BCUT2D eigenvalue weighted by Gasteiger charge is -2.33. The number of benzene rings is 1. The number of hydrogen-bond acceptors (Lipinski definition) is 4. The zero-order valence-corrected chi connectivity index (χ0v) is 13.5. The highest BCUT2D eigenvalue weighted by molar-refractivity contribution is 5.59. The van der Waals surface area contributed by atoms with Crippen LogP contribution in [0.3, 0.4) is 0 Å². The van der Waals surface area contributed by atoms with Crippen molar-refractivity contribution in [2.75, 3.05) is 13.6 Å². The molecule has 0 unspecified atom stereocenters. The highest BCUT2D eigenvalue weighted by atomic mass is 16.5. The molecule has 3 atom stereocenters. The van der Waals surface area contributed by atoms with Gasteiger partial charge in [-0.25, -0.2) is 0 Å². The third-order valence-corrected chi connectivity index (χ3v) is 4.86. The monoisotopic (exact) mass is 303 g/mol. The molecule has 0 saturated carbocycles. The molecular weight excluding hydrogens is 278 g/mol. The predicted molar refractivity (Wildman–Crippen MR) is 86.3 cm³/mol. The van der Waals surface area contributed by atoms with Gasteiger partial charge >= 0.3 is 0 Å². The minimum atomic E-state index is -0.472. The van der Waals surface area contributed by atoms with Crippen LogP contribution in [0.4, 0.5) is 0 Å². The van der Waals surface area contributed by atoms with E-state index in [1.54, 1.807) is 6.07 Å². The molecule has 22 heavy (non-hydrogen) atoms. The van der Waals surface area contributed by atoms with Crippen LogP contribution < -0.4 is 4.74 Å². The van der Waals surface area contributed by atoms with Gasteiger partial charge in [0, 0.05) is 18.5 Å². The Labute approximate surface area is 132 Å². The number of hydrogen-bond donors (Lipinski definition) is 2. The number of phenolic OH excluding ortho intramolecular Hbond substituents is 1. The van der Waals surface area contributed by atoms with Gasteiger partial charge in [-0.1, -0.05) is 25.1 Å². The molecule has 0 spiro atoms. The normalized spacial score (nSPS) is 29.3. The van der Waals surface area contributed by atoms with Crippen LogP contribution in [0.25, 0.3) is 0 Å². The van der Waals surface area contributed by atoms with Crippen molar-refractivity contribution < 1.29 is 14.9 Å². The van der Waals surface area contributed by atoms with Crippen LogP contribution in [0.15, 0.2) is 24.3 Å². The Bertz CT molecular complexity index is 598. The Kier molecular flexibility index (Phi) is 3.91. The van der Waals surface area contributed by atoms with Crippen molar-refractivity contribution in [3.8, 4) is 11.5 Å². The Balaban J connectivity index is 2.03. The molecular formula is C18H25NO3. The van der Waals surface area contributed by atoms with Gasteiger partial charge in [0.1, 0.15) is 6.10 Å². The Morgan fingerprint density at radius 1 is 1.41 bits per heavy atom. The molecule has 4 heteroatoms. The van der Waals surface area contributed by atoms with E-state index in [2.05, 4.69) is 25.8 Å². The van der Waals surface area contributed by atoms with Crippen LogP contribution in [0, 0.1) is 0 Å². The van der Waals surface area contributed by atoms with Crippen molar-refractivity contribution in [3.63, 3.8) is 0 Å². The van der Waals surface area contributed by atoms with Crippen molar-refractivity contribution in [1.82, 2.24) is 4.90 Å². The van der Waals surface area contributed by atoms with Gasteiger partial charge in [-0.05, 0) is 38.6 Å². The molecule has 4 nitrogen and oxygen atoms in total. The Morgan fingerprint density at radius 2 is 2.18 bits per heavy atom. The van der Waals surface area contributed by atoms with E-state index in [9.17, 15) is 10.2 Å². The number of nitrogens with zero attached hydrogens (tertiary/aromatic N) is 1. The summed E-state index contributed by atoms with van der Waals surface area (Å²) in [7, 11) is 2.11. The maximum atomic E-state index is 10.2. The summed E-state index contributed by atoms with van der Waals surface area (Å²) in [6.45, 7) is 6.17. The van der Waals surface area contributed by atoms with Gasteiger partial charge in [0.2, 0.25) is 0 Å². The second-order valence-electron chi connectivity index (χ2n) is 6.74. The number of aliphatic hydroxyl groups excluding tert-OH is 1. The summed E-state index contributed by atoms with van der Waals surface area (Å²) < 4.78 is 6.02. The van der Waals surface area contributed by atoms with E-state index in [0.29, 0.717) is 12.2 Å². The fourth-order valence-electron chi connectivity index (χ4n) is 3.72. The number of fused-ring (bicyclic) bond motifs is 3. The lowest BCUT2D eigenvalue weighted by atomic mass is 9.72. The molecule has 1 aromatic rings. The highest BCUT2D eigenvalue weighted by Crippen LogP contribution is 2.52. The van der Waals surface area contributed by atoms with Gasteiger partial charge in [0.15, 0.2) is 11.5 Å². The molecule has 2 N–H and O–H groups in total. The molecule has 1 aromatic carbocycles. The molecule has 1 heterocycles. The first-order valence-corrected chi connectivity index (χ1v) is 8.03. The molecule has 0 radical (unpaired) electrons. The van der Waals surface area contributed by atoms with Gasteiger partial charge in [-0.2, -0.15) is 0 Å². The van der Waals surface area contributed by atoms with Gasteiger partial charge in [-0.15, -0.1) is 0 Å². The van der Waals surface area contributed by atoms with E-state index in [4.69, 9.17) is 4.74 Å². The van der Waals surface area contributed by atoms with E-state index in [-0.39, 0.29) is 17.3 Å². The van der Waals surface area contributed by atoms with Gasteiger partial charge in [-0.3, -0.25) is 0 Å². The van der Waals surface area contributed by atoms with Crippen LogP contribution >= 0.6 is 0 Å². The predicted octanol–water partition coefficient (Wildman–Crippen LogP) is 2.57. The number of rotatable bonds is 4. The standard InChI is InChI=1S/C18H25NO3/c1-4-9-19(3)11-12-5-6-14(21)17-16(12)18(2)8-7-13(20)10-15(18)22-17/h5-8,13,15,20-21H,4,9-11H2,1-3H3/t13-,15-,18+/m0/s1. The Hall–Kier alpha value is -1.52. The molecule has 0 saturated heterocycles. The maximum absolute atomic E-state index is 10.2. The van der Waals surface area contributed by atoms with Crippen molar-refractivity contribution in [2.45, 2.75) is 50.9 Å². The quantitative estimate of drug-likeness (QED) is 0.840. The Morgan fingerprint density at radius 3 is 2.91 bits per heavy atom. The van der Waals surface area contributed by atoms with E-state index in [0.717, 1.165) is 25.1 Å². The number of ether oxygens (including phenoxy) is 1. The molecule has 3 rings (SSSR count). The van der Waals surface area contributed by atoms with E-state index in [1.807, 2.05) is 18.2 Å². The maximum Gasteiger partial charge on any atom is 0.165 e. The third kappa shape index (κ3) is 2.40. The van der Waals surface area contributed by atoms with Crippen LogP contribution in [-0.2, 0) is 12.0 Å². The fourth-order valence-corrected chi connectivity index (χ4v) is 3.72. The average Bonchev–Trinajstić information content (AvgIpc) is 2.77. The zero-order valence-electron chi connectivity index (χ0n) is 13.5. The van der Waals surface area contributed by atoms with Crippen molar-refractivity contribution in [2.24, 2.45) is 0 Å². The molecule has 2 aliphatic rings. The van der Waals surface area contributed by atoms with Crippen molar-refractivity contribution in [1.29, 1.82) is 0 Å². The van der Waals surface area contributed by atoms with Gasteiger partial charge in [0.25, 0.3) is 0 Å². The van der Waals surface area contributed by atoms with Crippen LogP contribution in [0.2, 0.25) is 0 Å². The lowest BCUT2D eigenvalue weighted by molar-refractivity contribution is 0.0932. The van der Waals surface area contributed by atoms with Gasteiger partial charge in [0.05, 0.1) is 11.5 Å². The largest absolute Gasteiger partial charge is 0.504 e. The number of aliphatic hydroxyl groups is 1. The van der Waals surface area contributed by atoms with Crippen molar-refractivity contribution >= 4 is 0 Å². The summed E-state index contributed by atoms with van der Waals surface area (Å²) in [5, 5.41) is 20.1. The van der Waals surface area contributed by atoms with E-state index in [1.165, 1.54) is 5.56 Å². The molecule has 0 fully saturated rings. The summed E-state index contributed by atoms with van der Waals surface area (Å²) in [4.78, 5) is 2.28. The SMILES string of the molecule is CCCN(C)Cc1ccc(O)c2c1[C@]1(C)C=C[C@H](O)C[C@@H]1O2. The van der Waals surface area contributed by atoms with E-state index < -0.39 is 6.10 Å². The lowest BCUT2D eigenvalue weighted by Crippen LogP contribution is -2.40. The van der Waals surface area contributed by atoms with Gasteiger partial charge < -0.3 is 19.8 Å². The highest BCUT2D eigenvalue weighted by Gasteiger charge is 2.48. The summed E-state index contributed by atoms with van der Waals surface area (Å²) in [6, 6.07) is 3.71. The zero-order chi connectivity index (χ0) is 15.9. The number of aromatic hydroxyl groups is 1. The minimum Gasteiger partial charge on any atom is -0.504 e. The third-order valence-electron chi connectivity index (χ3n) is 4.86. The number of phenols is 1. The van der Waals surface area contributed by atoms with Crippen LogP contribution in [0.5, 0.6) is 11.5 Å². The molecule has 0 bridgehead atoms. The molecule has 120 valence electrons. The molecule has 0 aromatic heterocycles. The average molecular weight is 303 g/mol. The second kappa shape index (κ2) is 5.60. The smallest absolute Gasteiger partial charge is 0.165 e. The minimum absolute atomic E-state index is 0.119. The molecule has 0 amide bonds. The van der Waals surface area contributed by atoms with Crippen LogP contribution in [0.1, 0.15) is 37.8 Å². The summed E-state index contributed by atoms with van der Waals surface area (Å²) in [5.74, 6) is 0.782. The summed E-state index contributed by atoms with van der Waals surface area (Å²) in [6.07, 6.45) is 4.97. The first-order chi connectivity index (χ1) is 10.5. The van der Waals surface area contributed by atoms with Crippen LogP contribution in [-0.4, -0.2) is 40.9 Å². The van der Waals surface area contributed by atoms with Crippen molar-refractivity contribution in [3.05, 3.63) is 35.4 Å². The molecule has 1 aliphatic heterocycles. The topological polar surface area (TPSA) is 52.9 Å². The molecule has 1 aliphatic carbocycles. The second-order valence-corrected chi connectivity index (χ2v) is 6.74. The first-order valence-electron chi connectivity index (χ1n) is 8.03. The summed E-state index contributed by atoms with van der Waals surface area (Å²) in [5.41, 5.74) is 1.98. The first kappa shape index (κ1) is 15.4. The van der Waals surface area contributed by atoms with E-state index >= 15 is 0 Å². The fraction of sp³-hybridized carbons (Fsp3) is 0.556. The summed E-state index contributed by atoms with van der Waals surface area (Å²) >= 11 is 0.